The summed E-state index contributed by atoms with van der Waals surface area (Å²) in [6.45, 7) is 6.98. The van der Waals surface area contributed by atoms with Gasteiger partial charge in [-0.25, -0.2) is 0 Å². The fourth-order valence-corrected chi connectivity index (χ4v) is 1.81. The summed E-state index contributed by atoms with van der Waals surface area (Å²) < 4.78 is 1.84. The highest BCUT2D eigenvalue weighted by Gasteiger charge is 2.15. The number of nitrogens with zero attached hydrogens (tertiary/aromatic N) is 2. The third kappa shape index (κ3) is 5.26. The average molecular weight is 265 g/mol. The third-order valence-corrected chi connectivity index (χ3v) is 2.79. The van der Waals surface area contributed by atoms with E-state index in [1.807, 2.05) is 43.5 Å². The summed E-state index contributed by atoms with van der Waals surface area (Å²) in [6, 6.07) is 1.92. The normalized spacial score (nSPS) is 11.1. The van der Waals surface area contributed by atoms with Gasteiger partial charge in [0.2, 0.25) is 5.91 Å². The highest BCUT2D eigenvalue weighted by Crippen LogP contribution is 2.03. The van der Waals surface area contributed by atoms with Gasteiger partial charge < -0.3 is 9.88 Å². The molecular formula is C14H23N3O2. The van der Waals surface area contributed by atoms with Crippen LogP contribution >= 0.6 is 0 Å². The van der Waals surface area contributed by atoms with Gasteiger partial charge in [0.25, 0.3) is 0 Å². The highest BCUT2D eigenvalue weighted by atomic mass is 16.2. The van der Waals surface area contributed by atoms with Gasteiger partial charge in [0.05, 0.1) is 13.1 Å². The van der Waals surface area contributed by atoms with Crippen molar-refractivity contribution in [3.8, 4) is 0 Å². The molecule has 0 aliphatic heterocycles. The molecule has 0 atom stereocenters. The number of ketones is 1. The zero-order chi connectivity index (χ0) is 14.4. The molecule has 5 nitrogen and oxygen atoms in total. The van der Waals surface area contributed by atoms with E-state index in [0.29, 0.717) is 12.1 Å². The fourth-order valence-electron chi connectivity index (χ4n) is 1.81. The molecule has 5 heteroatoms. The van der Waals surface area contributed by atoms with E-state index in [1.54, 1.807) is 12.3 Å². The summed E-state index contributed by atoms with van der Waals surface area (Å²) in [7, 11) is 1.88. The van der Waals surface area contributed by atoms with Crippen molar-refractivity contribution < 1.29 is 9.59 Å². The van der Waals surface area contributed by atoms with Crippen molar-refractivity contribution >= 4 is 11.7 Å². The van der Waals surface area contributed by atoms with Crippen LogP contribution in [0.3, 0.4) is 0 Å². The smallest absolute Gasteiger partial charge is 0.234 e. The first-order chi connectivity index (χ1) is 8.92. The van der Waals surface area contributed by atoms with E-state index in [-0.39, 0.29) is 30.8 Å². The SMILES string of the molecule is CCN(CC(=O)NC(C)C)CC(=O)c1ccn(C)c1. The van der Waals surface area contributed by atoms with E-state index in [2.05, 4.69) is 5.32 Å². The monoisotopic (exact) mass is 265 g/mol. The maximum absolute atomic E-state index is 12.0. The van der Waals surface area contributed by atoms with Crippen LogP contribution in [0.25, 0.3) is 0 Å². The first-order valence-corrected chi connectivity index (χ1v) is 6.59. The Labute approximate surface area is 114 Å². The molecule has 1 N–H and O–H groups in total. The largest absolute Gasteiger partial charge is 0.357 e. The summed E-state index contributed by atoms with van der Waals surface area (Å²) in [6.07, 6.45) is 3.64. The van der Waals surface area contributed by atoms with E-state index in [0.717, 1.165) is 0 Å². The van der Waals surface area contributed by atoms with Crippen LogP contribution in [-0.4, -0.2) is 46.8 Å². The Bertz CT molecular complexity index is 438. The predicted octanol–water partition coefficient (Wildman–Crippen LogP) is 1.05. The van der Waals surface area contributed by atoms with Gasteiger partial charge in [0.15, 0.2) is 5.78 Å². The van der Waals surface area contributed by atoms with Crippen molar-refractivity contribution in [2.75, 3.05) is 19.6 Å². The van der Waals surface area contributed by atoms with Crippen molar-refractivity contribution in [1.29, 1.82) is 0 Å². The zero-order valence-electron chi connectivity index (χ0n) is 12.1. The van der Waals surface area contributed by atoms with Gasteiger partial charge in [-0.05, 0) is 26.5 Å². The third-order valence-electron chi connectivity index (χ3n) is 2.79. The number of hydrogen-bond donors (Lipinski definition) is 1. The van der Waals surface area contributed by atoms with Crippen LogP contribution in [0.5, 0.6) is 0 Å². The van der Waals surface area contributed by atoms with Crippen LogP contribution in [0, 0.1) is 0 Å². The van der Waals surface area contributed by atoms with Gasteiger partial charge in [-0.3, -0.25) is 14.5 Å². The molecule has 1 rings (SSSR count). The van der Waals surface area contributed by atoms with Gasteiger partial charge in [-0.2, -0.15) is 0 Å². The molecule has 0 aliphatic carbocycles. The average Bonchev–Trinajstić information content (AvgIpc) is 2.73. The lowest BCUT2D eigenvalue weighted by Gasteiger charge is -2.19. The molecule has 0 aliphatic rings. The minimum Gasteiger partial charge on any atom is -0.357 e. The number of aryl methyl sites for hydroxylation is 1. The van der Waals surface area contributed by atoms with E-state index in [9.17, 15) is 9.59 Å². The van der Waals surface area contributed by atoms with Crippen molar-refractivity contribution in [3.05, 3.63) is 24.0 Å². The lowest BCUT2D eigenvalue weighted by atomic mass is 10.2. The second kappa shape index (κ2) is 7.09. The second-order valence-corrected chi connectivity index (χ2v) is 5.01. The minimum absolute atomic E-state index is 0.0415. The lowest BCUT2D eigenvalue weighted by Crippen LogP contribution is -2.41. The van der Waals surface area contributed by atoms with E-state index in [4.69, 9.17) is 0 Å². The quantitative estimate of drug-likeness (QED) is 0.750. The highest BCUT2D eigenvalue weighted by molar-refractivity contribution is 5.97. The predicted molar refractivity (Wildman–Crippen MR) is 75.1 cm³/mol. The Morgan fingerprint density at radius 2 is 2.05 bits per heavy atom. The molecule has 1 heterocycles. The number of rotatable bonds is 7. The minimum atomic E-state index is -0.0438. The van der Waals surface area contributed by atoms with Crippen LogP contribution in [-0.2, 0) is 11.8 Å². The number of likely N-dealkylation sites (N-methyl/N-ethyl adjacent to an activating group) is 1. The van der Waals surface area contributed by atoms with Crippen LogP contribution < -0.4 is 5.32 Å². The zero-order valence-corrected chi connectivity index (χ0v) is 12.1. The standard InChI is InChI=1S/C14H23N3O2/c1-5-17(10-14(19)15-11(2)3)9-13(18)12-6-7-16(4)8-12/h6-8,11H,5,9-10H2,1-4H3,(H,15,19). The molecule has 0 saturated carbocycles. The molecule has 19 heavy (non-hydrogen) atoms. The molecule has 0 saturated heterocycles. The van der Waals surface area contributed by atoms with Crippen LogP contribution in [0.1, 0.15) is 31.1 Å². The molecule has 0 fully saturated rings. The van der Waals surface area contributed by atoms with E-state index < -0.39 is 0 Å². The number of amides is 1. The number of carbonyl (C=O) groups is 2. The molecule has 106 valence electrons. The number of Topliss-reactive ketones (excluding diaryl/α,β-unsaturated/α-hetero) is 1. The fraction of sp³-hybridized carbons (Fsp3) is 0.571. The maximum atomic E-state index is 12.0. The number of hydrogen-bond acceptors (Lipinski definition) is 3. The Balaban J connectivity index is 2.52. The molecule has 1 amide bonds. The van der Waals surface area contributed by atoms with Crippen molar-refractivity contribution in [2.24, 2.45) is 7.05 Å². The summed E-state index contributed by atoms with van der Waals surface area (Å²) >= 11 is 0. The van der Waals surface area contributed by atoms with Gasteiger partial charge in [-0.1, -0.05) is 6.92 Å². The van der Waals surface area contributed by atoms with Crippen molar-refractivity contribution in [3.63, 3.8) is 0 Å². The summed E-state index contributed by atoms with van der Waals surface area (Å²) in [5, 5.41) is 2.83. The number of carbonyl (C=O) groups excluding carboxylic acids is 2. The van der Waals surface area contributed by atoms with Gasteiger partial charge >= 0.3 is 0 Å². The van der Waals surface area contributed by atoms with Crippen LogP contribution in [0.4, 0.5) is 0 Å². The molecule has 1 aromatic heterocycles. The number of aromatic nitrogens is 1. The molecule has 0 spiro atoms. The van der Waals surface area contributed by atoms with Gasteiger partial charge in [-0.15, -0.1) is 0 Å². The van der Waals surface area contributed by atoms with Crippen LogP contribution in [0.15, 0.2) is 18.5 Å². The molecule has 0 unspecified atom stereocenters. The summed E-state index contributed by atoms with van der Waals surface area (Å²) in [5.74, 6) is -0.00231. The molecular weight excluding hydrogens is 242 g/mol. The van der Waals surface area contributed by atoms with Crippen LogP contribution in [0.2, 0.25) is 0 Å². The second-order valence-electron chi connectivity index (χ2n) is 5.01. The van der Waals surface area contributed by atoms with Crippen molar-refractivity contribution in [1.82, 2.24) is 14.8 Å². The first kappa shape index (κ1) is 15.4. The van der Waals surface area contributed by atoms with E-state index in [1.165, 1.54) is 0 Å². The topological polar surface area (TPSA) is 54.3 Å². The lowest BCUT2D eigenvalue weighted by molar-refractivity contribution is -0.122. The van der Waals surface area contributed by atoms with Gasteiger partial charge in [0, 0.05) is 31.0 Å². The molecule has 0 bridgehead atoms. The molecule has 0 aromatic carbocycles. The Kier molecular flexibility index (Phi) is 5.76. The summed E-state index contributed by atoms with van der Waals surface area (Å²) in [5.41, 5.74) is 0.685. The molecule has 0 radical (unpaired) electrons. The molecule has 1 aromatic rings. The van der Waals surface area contributed by atoms with Gasteiger partial charge in [0.1, 0.15) is 0 Å². The first-order valence-electron chi connectivity index (χ1n) is 6.59. The Hall–Kier alpha value is -1.62. The maximum Gasteiger partial charge on any atom is 0.234 e. The Morgan fingerprint density at radius 3 is 2.53 bits per heavy atom. The number of nitrogens with one attached hydrogen (secondary N) is 1. The Morgan fingerprint density at radius 1 is 1.37 bits per heavy atom. The summed E-state index contributed by atoms with van der Waals surface area (Å²) in [4.78, 5) is 25.6. The van der Waals surface area contributed by atoms with Crippen molar-refractivity contribution in [2.45, 2.75) is 26.8 Å². The van der Waals surface area contributed by atoms with E-state index >= 15 is 0 Å².